The lowest BCUT2D eigenvalue weighted by Crippen LogP contribution is -2.14. The molecule has 0 aromatic heterocycles. The summed E-state index contributed by atoms with van der Waals surface area (Å²) in [7, 11) is -3.93. The quantitative estimate of drug-likeness (QED) is 0.322. The van der Waals surface area contributed by atoms with Crippen molar-refractivity contribution in [3.63, 3.8) is 0 Å². The Morgan fingerprint density at radius 2 is 1.53 bits per heavy atom. The highest BCUT2D eigenvalue weighted by molar-refractivity contribution is 7.92. The van der Waals surface area contributed by atoms with Crippen molar-refractivity contribution in [2.75, 3.05) is 4.72 Å². The van der Waals surface area contributed by atoms with E-state index in [1.165, 1.54) is 12.1 Å². The summed E-state index contributed by atoms with van der Waals surface area (Å²) in [6.07, 6.45) is 0. The Labute approximate surface area is 192 Å². The second-order valence-corrected chi connectivity index (χ2v) is 9.72. The molecule has 0 heterocycles. The maximum Gasteiger partial charge on any atom is 0.335 e. The molecule has 5 nitrogen and oxygen atoms in total. The first kappa shape index (κ1) is 21.9. The topological polar surface area (TPSA) is 83.5 Å². The van der Waals surface area contributed by atoms with Gasteiger partial charge in [-0.25, -0.2) is 13.2 Å². The molecule has 0 saturated heterocycles. The van der Waals surface area contributed by atoms with Gasteiger partial charge in [0.15, 0.2) is 0 Å². The summed E-state index contributed by atoms with van der Waals surface area (Å²) in [4.78, 5) is 11.2. The average Bonchev–Trinajstić information content (AvgIpc) is 2.78. The third-order valence-corrected chi connectivity index (χ3v) is 7.29. The number of aryl methyl sites for hydroxylation is 1. The fraction of sp³-hybridized carbons (Fsp3) is 0.0800. The van der Waals surface area contributed by atoms with Crippen LogP contribution in [0.3, 0.4) is 0 Å². The van der Waals surface area contributed by atoms with E-state index in [1.54, 1.807) is 19.1 Å². The molecule has 1 atom stereocenters. The van der Waals surface area contributed by atoms with Crippen LogP contribution in [-0.2, 0) is 10.0 Å². The zero-order valence-corrected chi connectivity index (χ0v) is 18.9. The molecule has 32 heavy (non-hydrogen) atoms. The molecule has 0 fully saturated rings. The van der Waals surface area contributed by atoms with E-state index in [1.807, 2.05) is 30.3 Å². The molecular weight excluding hydrogens is 442 g/mol. The van der Waals surface area contributed by atoms with Crippen molar-refractivity contribution in [3.8, 4) is 0 Å². The zero-order valence-electron chi connectivity index (χ0n) is 17.2. The number of carboxylic acids is 1. The maximum atomic E-state index is 12.7. The standard InChI is InChI=1S/C25H21NO4S2/c1-16-6-13-22(15-23(16)25(27)28)32(29,30)26-21-11-9-18(10-12-21)24(31)20-8-7-17-4-2-3-5-19(17)14-20/h2-15,24,26,31H,1H3,(H,27,28). The van der Waals surface area contributed by atoms with Crippen LogP contribution in [0.25, 0.3) is 10.8 Å². The summed E-state index contributed by atoms with van der Waals surface area (Å²) in [5.74, 6) is -1.17. The van der Waals surface area contributed by atoms with Gasteiger partial charge in [0.05, 0.1) is 15.7 Å². The molecule has 0 aliphatic rings. The van der Waals surface area contributed by atoms with Gasteiger partial charge >= 0.3 is 5.97 Å². The monoisotopic (exact) mass is 463 g/mol. The van der Waals surface area contributed by atoms with Gasteiger partial charge in [0.2, 0.25) is 0 Å². The number of anilines is 1. The summed E-state index contributed by atoms with van der Waals surface area (Å²) in [6.45, 7) is 1.62. The molecule has 0 saturated carbocycles. The number of carbonyl (C=O) groups is 1. The van der Waals surface area contributed by atoms with E-state index in [4.69, 9.17) is 12.6 Å². The number of hydrogen-bond acceptors (Lipinski definition) is 4. The van der Waals surface area contributed by atoms with Gasteiger partial charge in [0, 0.05) is 5.69 Å². The molecule has 4 rings (SSSR count). The van der Waals surface area contributed by atoms with Crippen LogP contribution in [0.5, 0.6) is 0 Å². The predicted molar refractivity (Wildman–Crippen MR) is 130 cm³/mol. The number of benzene rings is 4. The summed E-state index contributed by atoms with van der Waals surface area (Å²) in [6, 6.07) is 25.3. The Morgan fingerprint density at radius 3 is 2.22 bits per heavy atom. The fourth-order valence-corrected chi connectivity index (χ4v) is 4.93. The molecule has 0 aliphatic carbocycles. The Hall–Kier alpha value is -3.29. The number of nitrogens with one attached hydrogen (secondary N) is 1. The number of fused-ring (bicyclic) bond motifs is 1. The minimum atomic E-state index is -3.93. The Balaban J connectivity index is 1.55. The predicted octanol–water partition coefficient (Wildman–Crippen LogP) is 5.67. The number of sulfonamides is 1. The van der Waals surface area contributed by atoms with Gasteiger partial charge in [0.25, 0.3) is 10.0 Å². The Bertz CT molecular complexity index is 1410. The van der Waals surface area contributed by atoms with Gasteiger partial charge in [-0.2, -0.15) is 12.6 Å². The van der Waals surface area contributed by atoms with E-state index in [2.05, 4.69) is 29.0 Å². The third kappa shape index (κ3) is 4.49. The highest BCUT2D eigenvalue weighted by Crippen LogP contribution is 2.31. The van der Waals surface area contributed by atoms with Crippen LogP contribution in [0.1, 0.15) is 32.3 Å². The van der Waals surface area contributed by atoms with Crippen molar-refractivity contribution >= 4 is 45.1 Å². The minimum absolute atomic E-state index is 0.0449. The van der Waals surface area contributed by atoms with E-state index in [9.17, 15) is 18.3 Å². The van der Waals surface area contributed by atoms with Gasteiger partial charge < -0.3 is 5.11 Å². The molecule has 2 N–H and O–H groups in total. The third-order valence-electron chi connectivity index (χ3n) is 5.32. The van der Waals surface area contributed by atoms with Crippen LogP contribution < -0.4 is 4.72 Å². The number of hydrogen-bond donors (Lipinski definition) is 3. The molecule has 4 aromatic carbocycles. The van der Waals surface area contributed by atoms with Crippen LogP contribution in [0.15, 0.2) is 89.8 Å². The Morgan fingerprint density at radius 1 is 0.875 bits per heavy atom. The number of carboxylic acid groups (broad SMARTS) is 1. The number of thiol groups is 1. The van der Waals surface area contributed by atoms with Gasteiger partial charge in [-0.15, -0.1) is 0 Å². The van der Waals surface area contributed by atoms with E-state index < -0.39 is 16.0 Å². The average molecular weight is 464 g/mol. The lowest BCUT2D eigenvalue weighted by Gasteiger charge is -2.14. The lowest BCUT2D eigenvalue weighted by molar-refractivity contribution is 0.0696. The van der Waals surface area contributed by atoms with Crippen LogP contribution in [0, 0.1) is 6.92 Å². The minimum Gasteiger partial charge on any atom is -0.478 e. The highest BCUT2D eigenvalue weighted by atomic mass is 32.2. The van der Waals surface area contributed by atoms with Crippen LogP contribution in [-0.4, -0.2) is 19.5 Å². The van der Waals surface area contributed by atoms with Crippen molar-refractivity contribution in [2.45, 2.75) is 17.1 Å². The Kier molecular flexibility index (Phi) is 5.95. The molecule has 1 unspecified atom stereocenters. The van der Waals surface area contributed by atoms with E-state index in [0.717, 1.165) is 28.0 Å². The second kappa shape index (κ2) is 8.68. The largest absolute Gasteiger partial charge is 0.478 e. The van der Waals surface area contributed by atoms with Crippen molar-refractivity contribution in [3.05, 3.63) is 107 Å². The van der Waals surface area contributed by atoms with E-state index in [0.29, 0.717) is 11.3 Å². The lowest BCUT2D eigenvalue weighted by atomic mass is 10.0. The van der Waals surface area contributed by atoms with Crippen LogP contribution >= 0.6 is 12.6 Å². The molecule has 162 valence electrons. The molecule has 0 amide bonds. The van der Waals surface area contributed by atoms with Gasteiger partial charge in [-0.05, 0) is 64.7 Å². The van der Waals surface area contributed by atoms with Crippen molar-refractivity contribution in [1.29, 1.82) is 0 Å². The first-order valence-corrected chi connectivity index (χ1v) is 11.9. The SMILES string of the molecule is Cc1ccc(S(=O)(=O)Nc2ccc(C(S)c3ccc4ccccc4c3)cc2)cc1C(=O)O. The highest BCUT2D eigenvalue weighted by Gasteiger charge is 2.18. The molecule has 4 aromatic rings. The smallest absolute Gasteiger partial charge is 0.335 e. The van der Waals surface area contributed by atoms with Crippen molar-refractivity contribution in [2.24, 2.45) is 0 Å². The van der Waals surface area contributed by atoms with Crippen molar-refractivity contribution < 1.29 is 18.3 Å². The summed E-state index contributed by atoms with van der Waals surface area (Å²) in [5, 5.41) is 11.4. The molecule has 0 bridgehead atoms. The first-order valence-electron chi connectivity index (χ1n) is 9.88. The van der Waals surface area contributed by atoms with Gasteiger partial charge in [-0.1, -0.05) is 54.6 Å². The summed E-state index contributed by atoms with van der Waals surface area (Å²) >= 11 is 4.76. The maximum absolute atomic E-state index is 12.7. The molecule has 0 aliphatic heterocycles. The van der Waals surface area contributed by atoms with Crippen LogP contribution in [0.4, 0.5) is 5.69 Å². The van der Waals surface area contributed by atoms with E-state index in [-0.39, 0.29) is 15.7 Å². The number of aromatic carboxylic acids is 1. The molecule has 0 radical (unpaired) electrons. The molecular formula is C25H21NO4S2. The van der Waals surface area contributed by atoms with Crippen molar-refractivity contribution in [1.82, 2.24) is 0 Å². The molecule has 0 spiro atoms. The number of rotatable bonds is 6. The summed E-state index contributed by atoms with van der Waals surface area (Å²) in [5.41, 5.74) is 2.80. The first-order chi connectivity index (χ1) is 15.2. The zero-order chi connectivity index (χ0) is 22.9. The van der Waals surface area contributed by atoms with Gasteiger partial charge in [0.1, 0.15) is 0 Å². The second-order valence-electron chi connectivity index (χ2n) is 7.52. The normalized spacial score (nSPS) is 12.4. The van der Waals surface area contributed by atoms with E-state index >= 15 is 0 Å². The fourth-order valence-electron chi connectivity index (χ4n) is 3.52. The molecule has 7 heteroatoms. The van der Waals surface area contributed by atoms with Gasteiger partial charge in [-0.3, -0.25) is 4.72 Å². The van der Waals surface area contributed by atoms with Crippen LogP contribution in [0.2, 0.25) is 0 Å². The summed E-state index contributed by atoms with van der Waals surface area (Å²) < 4.78 is 28.0.